The number of aliphatic hydroxyl groups excluding tert-OH is 2. The van der Waals surface area contributed by atoms with Crippen LogP contribution < -0.4 is 38.0 Å². The SMILES string of the molecule is CCC(OC(C)COO)n1cc(C#CCNC(=O)CCCCCNC(=O)C(CSSCCCC(=O)OCC#Cc2cn(C3OC(COP(=O)(O)OP(=O)(O)OP(=O)(O)O)C(O)C3O)c3ncnc(N)c23)NC(=O)CCCCC[N+]2=C(C=CC=CC=C3N(CC)c4ccc(S(=O)(=O)O)cc4C3(C)C)C(C)(C)c3cc(S(=O)(=O)O)ccc32)c(N)nc1=O. The van der Waals surface area contributed by atoms with E-state index in [1.165, 1.54) is 67.4 Å². The highest BCUT2D eigenvalue weighted by Crippen LogP contribution is 2.66. The van der Waals surface area contributed by atoms with Crippen LogP contribution in [0.25, 0.3) is 11.0 Å². The first-order valence-corrected chi connectivity index (χ1v) is 47.5. The number of rotatable bonds is 43. The highest BCUT2D eigenvalue weighted by molar-refractivity contribution is 8.76. The zero-order valence-corrected chi connectivity index (χ0v) is 72.3. The number of amides is 3. The van der Waals surface area contributed by atoms with E-state index in [-0.39, 0.29) is 94.2 Å². The number of unbranched alkanes of at least 4 members (excludes halogenated alkanes) is 4. The summed E-state index contributed by atoms with van der Waals surface area (Å²) in [7, 11) is -23.6. The van der Waals surface area contributed by atoms with Crippen molar-refractivity contribution in [3.63, 3.8) is 0 Å². The fourth-order valence-electron chi connectivity index (χ4n) is 13.3. The predicted molar refractivity (Wildman–Crippen MR) is 441 cm³/mol. The number of aromatic nitrogens is 5. The molecule has 120 heavy (non-hydrogen) atoms. The molecule has 9 unspecified atom stereocenters. The van der Waals surface area contributed by atoms with Crippen molar-refractivity contribution in [2.24, 2.45) is 0 Å². The van der Waals surface area contributed by atoms with Crippen molar-refractivity contribution in [3.05, 3.63) is 124 Å². The Morgan fingerprint density at radius 3 is 2.15 bits per heavy atom. The third-order valence-electron chi connectivity index (χ3n) is 19.1. The van der Waals surface area contributed by atoms with Crippen LogP contribution in [0.4, 0.5) is 23.0 Å². The molecule has 6 heterocycles. The molecule has 3 aliphatic rings. The van der Waals surface area contributed by atoms with Crippen molar-refractivity contribution in [1.29, 1.82) is 0 Å². The van der Waals surface area contributed by atoms with Crippen molar-refractivity contribution in [1.82, 2.24) is 40.0 Å². The smallest absolute Gasteiger partial charge is 0.452 e. The number of nitrogens with one attached hydrogen (secondary N) is 3. The fourth-order valence-corrected chi connectivity index (χ4v) is 19.6. The number of benzene rings is 2. The summed E-state index contributed by atoms with van der Waals surface area (Å²) >= 11 is 0. The van der Waals surface area contributed by atoms with Gasteiger partial charge in [0.15, 0.2) is 18.5 Å². The van der Waals surface area contributed by atoms with Gasteiger partial charge in [-0.1, -0.05) is 90.7 Å². The number of ether oxygens (including phenoxy) is 3. The van der Waals surface area contributed by atoms with Crippen LogP contribution in [0.15, 0.2) is 106 Å². The normalized spacial score (nSPS) is 19.1. The van der Waals surface area contributed by atoms with Gasteiger partial charge in [-0.05, 0) is 108 Å². The van der Waals surface area contributed by atoms with Gasteiger partial charge in [-0.15, -0.1) is 0 Å². The van der Waals surface area contributed by atoms with Gasteiger partial charge in [-0.3, -0.25) is 42.6 Å². The van der Waals surface area contributed by atoms with Gasteiger partial charge in [-0.25, -0.2) is 33.3 Å². The minimum Gasteiger partial charge on any atom is -0.452 e. The number of aliphatic hydroxyl groups is 2. The first-order valence-electron chi connectivity index (χ1n) is 37.6. The van der Waals surface area contributed by atoms with Crippen molar-refractivity contribution in [3.8, 4) is 23.7 Å². The number of nitrogens with two attached hydrogens (primary N) is 2. The standard InChI is InChI=1S/C73H97N12O28P3S4/c1-8-61(110-46(3)42-108-93)84-41-48(66(74)81-71(84)92)22-19-34-76-59(86)26-15-11-17-33-77-69(91)53(44-118-117-37-21-28-62(88)107-36-20-23-47-40-85(68-63(47)67(75)78-45-79-68)70-65(90)64(89)56(111-70)43-109-115(97,98)113-116(99,100)112-114(94,95)96)80-60(87)27-16-12-18-35-83-55-32-30-50(120(104,105)106)39-52(55)73(6,7)58(83)25-14-10-13-24-57-72(4,5)51-38-49(119(101,102)103)29-31-54(51)82(57)9-2/h10,13-14,24-25,29-32,38-41,45-46,53,56,61,64-65,70,89-90H,8-9,11-12,15-18,21,26-28,33-37,42-44H2,1-7H3,(H13-,74,75,76,77,78,79,80,81,86,87,91,92,93,94,95,96,97,98,99,100,101,102,103,104,105,106)/p+1. The molecular weight excluding hydrogens is 1710 g/mol. The molecule has 5 aromatic rings. The summed E-state index contributed by atoms with van der Waals surface area (Å²) in [5, 5.41) is 39.3. The maximum atomic E-state index is 13.9. The van der Waals surface area contributed by atoms with Crippen LogP contribution in [-0.4, -0.2) is 207 Å². The van der Waals surface area contributed by atoms with Gasteiger partial charge in [-0.2, -0.15) is 35.0 Å². The van der Waals surface area contributed by atoms with E-state index in [2.05, 4.69) is 82.1 Å². The third-order valence-corrected chi connectivity index (χ3v) is 27.1. The number of phosphoric acid groups is 3. The summed E-state index contributed by atoms with van der Waals surface area (Å²) in [4.78, 5) is 121. The van der Waals surface area contributed by atoms with Crippen LogP contribution in [0, 0.1) is 23.7 Å². The molecule has 0 spiro atoms. The molecule has 0 radical (unpaired) electrons. The molecule has 656 valence electrons. The maximum Gasteiger partial charge on any atom is 0.490 e. The summed E-state index contributed by atoms with van der Waals surface area (Å²) in [6, 6.07) is 7.97. The van der Waals surface area contributed by atoms with Crippen molar-refractivity contribution < 1.29 is 131 Å². The first kappa shape index (κ1) is 97.4. The number of nitrogens with zero attached hydrogens (tertiary/aromatic N) is 7. The Bertz CT molecular complexity index is 5310. The lowest BCUT2D eigenvalue weighted by molar-refractivity contribution is -0.438. The van der Waals surface area contributed by atoms with E-state index in [0.29, 0.717) is 75.8 Å². The molecule has 3 amide bonds. The van der Waals surface area contributed by atoms with Gasteiger partial charge in [0.2, 0.25) is 23.4 Å². The molecule has 16 N–H and O–H groups in total. The number of nitrogen functional groups attached to an aromatic ring is 2. The highest BCUT2D eigenvalue weighted by atomic mass is 33.1. The molecule has 0 bridgehead atoms. The van der Waals surface area contributed by atoms with Crippen LogP contribution in [0.2, 0.25) is 0 Å². The van der Waals surface area contributed by atoms with Gasteiger partial charge >= 0.3 is 35.1 Å². The Kier molecular flexibility index (Phi) is 34.7. The lowest BCUT2D eigenvalue weighted by Gasteiger charge is -2.25. The number of hydrogen-bond acceptors (Lipinski definition) is 30. The van der Waals surface area contributed by atoms with Gasteiger partial charge in [0.1, 0.15) is 67.3 Å². The number of esters is 1. The summed E-state index contributed by atoms with van der Waals surface area (Å²) in [6.45, 7) is 12.8. The van der Waals surface area contributed by atoms with E-state index in [1.807, 2.05) is 65.0 Å². The molecule has 0 aliphatic carbocycles. The summed E-state index contributed by atoms with van der Waals surface area (Å²) in [5.41, 5.74) is 15.1. The van der Waals surface area contributed by atoms with Crippen molar-refractivity contribution >= 4 is 129 Å². The lowest BCUT2D eigenvalue weighted by Crippen LogP contribution is -2.48. The Morgan fingerprint density at radius 1 is 0.783 bits per heavy atom. The van der Waals surface area contributed by atoms with Gasteiger partial charge in [0.05, 0.1) is 51.0 Å². The predicted octanol–water partition coefficient (Wildman–Crippen LogP) is 6.25. The van der Waals surface area contributed by atoms with Crippen LogP contribution in [-0.2, 0) is 96.2 Å². The number of anilines is 3. The molecule has 1 fully saturated rings. The molecular formula is C73H98N12O28P3S4+. The second-order valence-electron chi connectivity index (χ2n) is 28.6. The van der Waals surface area contributed by atoms with Crippen LogP contribution in [0.1, 0.15) is 154 Å². The molecule has 3 aromatic heterocycles. The molecule has 3 aliphatic heterocycles. The first-order chi connectivity index (χ1) is 56.4. The van der Waals surface area contributed by atoms with Crippen molar-refractivity contribution in [2.45, 2.75) is 183 Å². The lowest BCUT2D eigenvalue weighted by atomic mass is 9.81. The number of carbonyl (C=O) groups is 4. The Morgan fingerprint density at radius 2 is 1.47 bits per heavy atom. The average molecular weight is 1810 g/mol. The van der Waals surface area contributed by atoms with Crippen LogP contribution in [0.5, 0.6) is 0 Å². The number of likely N-dealkylation sites (N-methyl/N-ethyl adjacent to an activating group) is 1. The summed E-state index contributed by atoms with van der Waals surface area (Å²) < 4.78 is 137. The van der Waals surface area contributed by atoms with E-state index in [1.54, 1.807) is 26.0 Å². The second-order valence-corrected chi connectivity index (χ2v) is 38.5. The Labute approximate surface area is 699 Å². The number of fused-ring (bicyclic) bond motifs is 3. The largest absolute Gasteiger partial charge is 0.490 e. The number of carbonyl (C=O) groups excluding carboxylic acids is 4. The maximum absolute atomic E-state index is 13.9. The Hall–Kier alpha value is -8.08. The van der Waals surface area contributed by atoms with Gasteiger partial charge in [0, 0.05) is 97.2 Å². The quantitative estimate of drug-likeness (QED) is 0.00196. The summed E-state index contributed by atoms with van der Waals surface area (Å²) in [6.07, 6.45) is 8.90. The number of phosphoric ester groups is 1. The zero-order valence-electron chi connectivity index (χ0n) is 66.3. The highest BCUT2D eigenvalue weighted by Gasteiger charge is 2.49. The van der Waals surface area contributed by atoms with E-state index < -0.39 is 134 Å². The van der Waals surface area contributed by atoms with E-state index in [4.69, 9.17) is 40.7 Å². The number of hydrogen-bond donors (Lipinski definition) is 14. The van der Waals surface area contributed by atoms with Gasteiger partial charge < -0.3 is 80.9 Å². The topological polar surface area (TPSA) is 594 Å². The second kappa shape index (κ2) is 42.8. The van der Waals surface area contributed by atoms with Crippen LogP contribution >= 0.6 is 45.1 Å². The Balaban J connectivity index is 0.855. The minimum atomic E-state index is -5.88. The van der Waals surface area contributed by atoms with E-state index in [0.717, 1.165) is 34.7 Å². The molecule has 1 saturated heterocycles. The third kappa shape index (κ3) is 26.7. The monoisotopic (exact) mass is 1810 g/mol. The zero-order chi connectivity index (χ0) is 88.3. The van der Waals surface area contributed by atoms with E-state index in [9.17, 15) is 83.6 Å². The van der Waals surface area contributed by atoms with Crippen LogP contribution in [0.3, 0.4) is 0 Å². The molecule has 47 heteroatoms. The van der Waals surface area contributed by atoms with Crippen molar-refractivity contribution in [2.75, 3.05) is 73.9 Å². The minimum absolute atomic E-state index is 0.0195. The number of allylic oxidation sites excluding steroid dienone is 6. The molecule has 8 rings (SSSR count). The molecule has 2 aromatic carbocycles. The summed E-state index contributed by atoms with van der Waals surface area (Å²) in [5.74, 6) is 9.67. The average Bonchev–Trinajstić information content (AvgIpc) is 1.59. The molecule has 9 atom stereocenters. The fraction of sp³-hybridized carbons (Fsp3) is 0.493. The van der Waals surface area contributed by atoms with E-state index >= 15 is 0 Å². The van der Waals surface area contributed by atoms with Gasteiger partial charge in [0.25, 0.3) is 20.2 Å². The molecule has 40 nitrogen and oxygen atoms in total. The molecule has 0 saturated carbocycles.